The molecule has 20 heavy (non-hydrogen) atoms. The topological polar surface area (TPSA) is 39.1 Å². The van der Waals surface area contributed by atoms with Crippen LogP contribution < -0.4 is 10.1 Å². The van der Waals surface area contributed by atoms with Gasteiger partial charge in [-0.05, 0) is 43.7 Å². The predicted octanol–water partition coefficient (Wildman–Crippen LogP) is 2.94. The minimum absolute atomic E-state index is 0.865. The number of aromatic nitrogens is 2. The van der Waals surface area contributed by atoms with E-state index in [9.17, 15) is 0 Å². The number of methoxy groups -OCH3 is 1. The fourth-order valence-corrected chi connectivity index (χ4v) is 2.28. The summed E-state index contributed by atoms with van der Waals surface area (Å²) in [6.45, 7) is 6.26. The number of hydrogen-bond donors (Lipinski definition) is 1. The second kappa shape index (κ2) is 7.10. The maximum absolute atomic E-state index is 5.19. The minimum atomic E-state index is 0.865. The van der Waals surface area contributed by atoms with Gasteiger partial charge in [-0.3, -0.25) is 0 Å². The summed E-state index contributed by atoms with van der Waals surface area (Å²) in [5.41, 5.74) is 3.61. The lowest BCUT2D eigenvalue weighted by molar-refractivity contribution is 0.414. The van der Waals surface area contributed by atoms with Crippen molar-refractivity contribution in [1.82, 2.24) is 15.1 Å². The Labute approximate surface area is 120 Å². The molecule has 2 rings (SSSR count). The van der Waals surface area contributed by atoms with Crippen LogP contribution in [0.1, 0.15) is 31.5 Å². The zero-order valence-electron chi connectivity index (χ0n) is 12.5. The maximum Gasteiger partial charge on any atom is 0.119 e. The molecule has 4 nitrogen and oxygen atoms in total. The largest absolute Gasteiger partial charge is 0.497 e. The third kappa shape index (κ3) is 3.20. The van der Waals surface area contributed by atoms with Crippen LogP contribution in [0.5, 0.6) is 5.75 Å². The molecule has 0 amide bonds. The molecular weight excluding hydrogens is 250 g/mol. The van der Waals surface area contributed by atoms with Crippen LogP contribution in [0.15, 0.2) is 30.5 Å². The molecule has 1 aromatic carbocycles. The number of rotatable bonds is 7. The van der Waals surface area contributed by atoms with Crippen molar-refractivity contribution in [2.45, 2.75) is 33.2 Å². The quantitative estimate of drug-likeness (QED) is 0.788. The molecular formula is C16H23N3O. The second-order valence-corrected chi connectivity index (χ2v) is 4.76. The zero-order chi connectivity index (χ0) is 14.4. The Balaban J connectivity index is 2.22. The van der Waals surface area contributed by atoms with Gasteiger partial charge in [0.25, 0.3) is 0 Å². The van der Waals surface area contributed by atoms with E-state index < -0.39 is 0 Å². The molecule has 1 heterocycles. The van der Waals surface area contributed by atoms with Crippen LogP contribution in [0.3, 0.4) is 0 Å². The van der Waals surface area contributed by atoms with Gasteiger partial charge in [-0.25, -0.2) is 4.68 Å². The van der Waals surface area contributed by atoms with Crippen molar-refractivity contribution in [1.29, 1.82) is 0 Å². The second-order valence-electron chi connectivity index (χ2n) is 4.76. The molecule has 0 aliphatic rings. The first-order valence-electron chi connectivity index (χ1n) is 7.21. The molecule has 0 bridgehead atoms. The van der Waals surface area contributed by atoms with Crippen LogP contribution in [0, 0.1) is 0 Å². The number of ether oxygens (including phenoxy) is 1. The van der Waals surface area contributed by atoms with Gasteiger partial charge in [-0.15, -0.1) is 0 Å². The molecule has 1 N–H and O–H groups in total. The molecule has 0 saturated carbocycles. The van der Waals surface area contributed by atoms with Crippen molar-refractivity contribution in [3.05, 3.63) is 41.7 Å². The van der Waals surface area contributed by atoms with E-state index in [1.807, 2.05) is 35.1 Å². The number of hydrogen-bond acceptors (Lipinski definition) is 3. The average Bonchev–Trinajstić information content (AvgIpc) is 2.90. The standard InChI is InChI=1S/C16H23N3O/c1-4-10-17-11-13-12-18-19(16(13)5-2)14-6-8-15(20-3)9-7-14/h6-9,12,17H,4-5,10-11H2,1-3H3. The van der Waals surface area contributed by atoms with Crippen molar-refractivity contribution < 1.29 is 4.74 Å². The summed E-state index contributed by atoms with van der Waals surface area (Å²) in [4.78, 5) is 0. The Morgan fingerprint density at radius 3 is 2.55 bits per heavy atom. The van der Waals surface area contributed by atoms with Crippen LogP contribution in [0.2, 0.25) is 0 Å². The van der Waals surface area contributed by atoms with Gasteiger partial charge < -0.3 is 10.1 Å². The van der Waals surface area contributed by atoms with Crippen LogP contribution in [0.4, 0.5) is 0 Å². The summed E-state index contributed by atoms with van der Waals surface area (Å²) in [6.07, 6.45) is 4.08. The third-order valence-corrected chi connectivity index (χ3v) is 3.35. The monoisotopic (exact) mass is 273 g/mol. The SMILES string of the molecule is CCCNCc1cnn(-c2ccc(OC)cc2)c1CC. The average molecular weight is 273 g/mol. The molecule has 0 aliphatic heterocycles. The summed E-state index contributed by atoms with van der Waals surface area (Å²) in [5, 5.41) is 7.96. The first kappa shape index (κ1) is 14.6. The van der Waals surface area contributed by atoms with Gasteiger partial charge >= 0.3 is 0 Å². The number of nitrogens with zero attached hydrogens (tertiary/aromatic N) is 2. The molecule has 4 heteroatoms. The molecule has 0 saturated heterocycles. The Hall–Kier alpha value is -1.81. The molecule has 0 spiro atoms. The summed E-state index contributed by atoms with van der Waals surface area (Å²) < 4.78 is 7.21. The number of nitrogens with one attached hydrogen (secondary N) is 1. The fraction of sp³-hybridized carbons (Fsp3) is 0.438. The normalized spacial score (nSPS) is 10.8. The van der Waals surface area contributed by atoms with E-state index in [0.29, 0.717) is 0 Å². The van der Waals surface area contributed by atoms with E-state index in [1.54, 1.807) is 7.11 Å². The molecule has 2 aromatic rings. The van der Waals surface area contributed by atoms with E-state index in [-0.39, 0.29) is 0 Å². The lowest BCUT2D eigenvalue weighted by atomic mass is 10.2. The molecule has 0 aliphatic carbocycles. The molecule has 1 aromatic heterocycles. The molecule has 0 radical (unpaired) electrons. The van der Waals surface area contributed by atoms with Crippen LogP contribution in [-0.2, 0) is 13.0 Å². The number of benzene rings is 1. The fourth-order valence-electron chi connectivity index (χ4n) is 2.28. The molecule has 0 unspecified atom stereocenters. The van der Waals surface area contributed by atoms with E-state index in [1.165, 1.54) is 11.3 Å². The predicted molar refractivity (Wildman–Crippen MR) is 81.5 cm³/mol. The summed E-state index contributed by atoms with van der Waals surface area (Å²) in [6, 6.07) is 8.00. The Morgan fingerprint density at radius 1 is 1.20 bits per heavy atom. The zero-order valence-corrected chi connectivity index (χ0v) is 12.5. The Kier molecular flexibility index (Phi) is 5.18. The van der Waals surface area contributed by atoms with Crippen LogP contribution in [-0.4, -0.2) is 23.4 Å². The lowest BCUT2D eigenvalue weighted by Gasteiger charge is -2.09. The highest BCUT2D eigenvalue weighted by atomic mass is 16.5. The van der Waals surface area contributed by atoms with E-state index in [4.69, 9.17) is 4.74 Å². The lowest BCUT2D eigenvalue weighted by Crippen LogP contribution is -2.15. The smallest absolute Gasteiger partial charge is 0.119 e. The van der Waals surface area contributed by atoms with Crippen molar-refractivity contribution in [2.75, 3.05) is 13.7 Å². The van der Waals surface area contributed by atoms with Crippen molar-refractivity contribution in [3.63, 3.8) is 0 Å². The van der Waals surface area contributed by atoms with Gasteiger partial charge in [0.05, 0.1) is 19.0 Å². The summed E-state index contributed by atoms with van der Waals surface area (Å²) >= 11 is 0. The van der Waals surface area contributed by atoms with Crippen LogP contribution >= 0.6 is 0 Å². The van der Waals surface area contributed by atoms with Gasteiger partial charge in [0, 0.05) is 17.8 Å². The molecule has 0 fully saturated rings. The highest BCUT2D eigenvalue weighted by Crippen LogP contribution is 2.18. The van der Waals surface area contributed by atoms with Gasteiger partial charge in [0.2, 0.25) is 0 Å². The highest BCUT2D eigenvalue weighted by molar-refractivity contribution is 5.39. The van der Waals surface area contributed by atoms with E-state index in [2.05, 4.69) is 24.3 Å². The summed E-state index contributed by atoms with van der Waals surface area (Å²) in [7, 11) is 1.68. The van der Waals surface area contributed by atoms with Gasteiger partial charge in [0.1, 0.15) is 5.75 Å². The van der Waals surface area contributed by atoms with Crippen molar-refractivity contribution in [3.8, 4) is 11.4 Å². The van der Waals surface area contributed by atoms with Crippen LogP contribution in [0.25, 0.3) is 5.69 Å². The first-order chi connectivity index (χ1) is 9.80. The minimum Gasteiger partial charge on any atom is -0.497 e. The highest BCUT2D eigenvalue weighted by Gasteiger charge is 2.10. The van der Waals surface area contributed by atoms with Crippen molar-refractivity contribution >= 4 is 0 Å². The Bertz CT molecular complexity index is 531. The van der Waals surface area contributed by atoms with Crippen molar-refractivity contribution in [2.24, 2.45) is 0 Å². The third-order valence-electron chi connectivity index (χ3n) is 3.35. The van der Waals surface area contributed by atoms with Gasteiger partial charge in [-0.2, -0.15) is 5.10 Å². The summed E-state index contributed by atoms with van der Waals surface area (Å²) in [5.74, 6) is 0.865. The van der Waals surface area contributed by atoms with E-state index >= 15 is 0 Å². The van der Waals surface area contributed by atoms with Gasteiger partial charge in [0.15, 0.2) is 0 Å². The van der Waals surface area contributed by atoms with E-state index in [0.717, 1.165) is 37.4 Å². The maximum atomic E-state index is 5.19. The first-order valence-corrected chi connectivity index (χ1v) is 7.21. The molecule has 108 valence electrons. The molecule has 0 atom stereocenters. The van der Waals surface area contributed by atoms with Gasteiger partial charge in [-0.1, -0.05) is 13.8 Å². The Morgan fingerprint density at radius 2 is 1.95 bits per heavy atom.